The Labute approximate surface area is 34.9 Å². The van der Waals surface area contributed by atoms with E-state index in [9.17, 15) is 0 Å². The third-order valence-electron chi connectivity index (χ3n) is 0.402. The SMILES string of the molecule is [2H]C/C=C\CC. The van der Waals surface area contributed by atoms with Gasteiger partial charge in [0.1, 0.15) is 0 Å². The molecule has 0 aliphatic rings. The molecule has 0 radical (unpaired) electrons. The molecular formula is C5H10. The lowest BCUT2D eigenvalue weighted by Gasteiger charge is -1.65. The van der Waals surface area contributed by atoms with Gasteiger partial charge in [-0.1, -0.05) is 19.1 Å². The third kappa shape index (κ3) is 3.74. The molecule has 0 heterocycles. The summed E-state index contributed by atoms with van der Waals surface area (Å²) in [5.41, 5.74) is 0. The van der Waals surface area contributed by atoms with Gasteiger partial charge >= 0.3 is 0 Å². The lowest BCUT2D eigenvalue weighted by Crippen LogP contribution is -1.43. The molecule has 0 aliphatic carbocycles. The Balaban J connectivity index is 2.73. The quantitative estimate of drug-likeness (QED) is 0.414. The van der Waals surface area contributed by atoms with Gasteiger partial charge in [0.25, 0.3) is 0 Å². The lowest BCUT2D eigenvalue weighted by molar-refractivity contribution is 1.22. The average Bonchev–Trinajstić information content (AvgIpc) is 1.61. The van der Waals surface area contributed by atoms with E-state index in [0.29, 0.717) is 6.90 Å². The number of hydrogen-bond acceptors (Lipinski definition) is 0. The molecule has 0 aromatic carbocycles. The van der Waals surface area contributed by atoms with Crippen LogP contribution >= 0.6 is 0 Å². The van der Waals surface area contributed by atoms with Gasteiger partial charge in [0, 0.05) is 1.37 Å². The summed E-state index contributed by atoms with van der Waals surface area (Å²) in [6, 6.07) is 0. The topological polar surface area (TPSA) is 0 Å². The fourth-order valence-corrected chi connectivity index (χ4v) is 0.167. The van der Waals surface area contributed by atoms with Crippen LogP contribution in [0.3, 0.4) is 0 Å². The predicted octanol–water partition coefficient (Wildman–Crippen LogP) is 1.97. The van der Waals surface area contributed by atoms with Gasteiger partial charge in [0.2, 0.25) is 0 Å². The number of rotatable bonds is 1. The lowest BCUT2D eigenvalue weighted by atomic mass is 10.4. The van der Waals surface area contributed by atoms with E-state index < -0.39 is 0 Å². The van der Waals surface area contributed by atoms with E-state index >= 15 is 0 Å². The van der Waals surface area contributed by atoms with Crippen LogP contribution in [0.15, 0.2) is 12.2 Å². The van der Waals surface area contributed by atoms with Crippen molar-refractivity contribution < 1.29 is 1.37 Å². The van der Waals surface area contributed by atoms with Gasteiger partial charge in [-0.15, -0.1) is 0 Å². The van der Waals surface area contributed by atoms with Crippen molar-refractivity contribution in [3.05, 3.63) is 12.2 Å². The molecule has 30 valence electrons. The van der Waals surface area contributed by atoms with Crippen molar-refractivity contribution in [1.82, 2.24) is 0 Å². The second-order valence-corrected chi connectivity index (χ2v) is 0.880. The molecule has 0 saturated heterocycles. The molecule has 0 aromatic rings. The minimum absolute atomic E-state index is 0.424. The maximum absolute atomic E-state index is 6.62. The molecule has 0 amide bonds. The van der Waals surface area contributed by atoms with Crippen LogP contribution in [0.2, 0.25) is 0 Å². The molecule has 5 heavy (non-hydrogen) atoms. The summed E-state index contributed by atoms with van der Waals surface area (Å²) in [6.07, 6.45) is 4.89. The summed E-state index contributed by atoms with van der Waals surface area (Å²) in [5, 5.41) is 0. The highest BCUT2D eigenvalue weighted by Crippen LogP contribution is 1.73. The van der Waals surface area contributed by atoms with Gasteiger partial charge in [-0.3, -0.25) is 0 Å². The van der Waals surface area contributed by atoms with Crippen molar-refractivity contribution in [3.63, 3.8) is 0 Å². The van der Waals surface area contributed by atoms with Crippen LogP contribution in [0.1, 0.15) is 21.6 Å². The first-order valence-electron chi connectivity index (χ1n) is 2.56. The first kappa shape index (κ1) is 2.95. The second-order valence-electron chi connectivity index (χ2n) is 0.880. The average molecular weight is 71.1 g/mol. The highest BCUT2D eigenvalue weighted by molar-refractivity contribution is 4.73. The van der Waals surface area contributed by atoms with Crippen molar-refractivity contribution in [2.75, 3.05) is 0 Å². The van der Waals surface area contributed by atoms with E-state index in [1.807, 2.05) is 12.2 Å². The molecule has 0 bridgehead atoms. The molecule has 0 aromatic heterocycles. The zero-order chi connectivity index (χ0) is 4.83. The zero-order valence-electron chi connectivity index (χ0n) is 4.57. The van der Waals surface area contributed by atoms with Gasteiger partial charge < -0.3 is 0 Å². The minimum atomic E-state index is 0.424. The summed E-state index contributed by atoms with van der Waals surface area (Å²) in [5.74, 6) is 0. The molecule has 0 aliphatic heterocycles. The van der Waals surface area contributed by atoms with Gasteiger partial charge in [-0.25, -0.2) is 0 Å². The van der Waals surface area contributed by atoms with E-state index in [-0.39, 0.29) is 0 Å². The van der Waals surface area contributed by atoms with Crippen LogP contribution in [0.5, 0.6) is 0 Å². The van der Waals surface area contributed by atoms with Crippen molar-refractivity contribution in [1.29, 1.82) is 0 Å². The maximum atomic E-state index is 6.62. The molecular weight excluding hydrogens is 60.1 g/mol. The molecule has 0 rings (SSSR count). The number of allylic oxidation sites excluding steroid dienone is 2. The van der Waals surface area contributed by atoms with Gasteiger partial charge in [-0.05, 0) is 13.3 Å². The molecule has 0 nitrogen and oxygen atoms in total. The van der Waals surface area contributed by atoms with Gasteiger partial charge in [0.05, 0.1) is 0 Å². The van der Waals surface area contributed by atoms with Gasteiger partial charge in [-0.2, -0.15) is 0 Å². The van der Waals surface area contributed by atoms with Crippen LogP contribution in [-0.4, -0.2) is 0 Å². The van der Waals surface area contributed by atoms with E-state index in [2.05, 4.69) is 6.92 Å². The smallest absolute Gasteiger partial charge is 0.0273 e. The summed E-state index contributed by atoms with van der Waals surface area (Å²) in [6.45, 7) is 2.49. The monoisotopic (exact) mass is 71.1 g/mol. The maximum Gasteiger partial charge on any atom is 0.0273 e. The molecule has 0 atom stereocenters. The molecule has 0 saturated carbocycles. The molecule has 0 spiro atoms. The Morgan fingerprint density at radius 3 is 3.00 bits per heavy atom. The largest absolute Gasteiger partial charge is 0.0917 e. The Morgan fingerprint density at radius 2 is 2.80 bits per heavy atom. The van der Waals surface area contributed by atoms with Crippen LogP contribution in [0.4, 0.5) is 0 Å². The Morgan fingerprint density at radius 1 is 2.00 bits per heavy atom. The fourth-order valence-electron chi connectivity index (χ4n) is 0.167. The van der Waals surface area contributed by atoms with Crippen LogP contribution in [-0.2, 0) is 0 Å². The first-order valence-corrected chi connectivity index (χ1v) is 1.86. The van der Waals surface area contributed by atoms with E-state index in [1.54, 1.807) is 0 Å². The Hall–Kier alpha value is -0.260. The Kier molecular flexibility index (Phi) is 2.21. The molecule has 0 unspecified atom stereocenters. The standard InChI is InChI=1S/C5H10/c1-3-5-4-2/h3,5H,4H2,1-2H3/b5-3-/i1D. The molecule has 0 fully saturated rings. The number of hydrogen-bond donors (Lipinski definition) is 0. The summed E-state index contributed by atoms with van der Waals surface area (Å²) < 4.78 is 6.62. The minimum Gasteiger partial charge on any atom is -0.0917 e. The molecule has 0 heteroatoms. The zero-order valence-corrected chi connectivity index (χ0v) is 3.57. The van der Waals surface area contributed by atoms with Gasteiger partial charge in [0.15, 0.2) is 0 Å². The molecule has 0 N–H and O–H groups in total. The van der Waals surface area contributed by atoms with E-state index in [1.165, 1.54) is 0 Å². The second kappa shape index (κ2) is 3.74. The van der Waals surface area contributed by atoms with Crippen molar-refractivity contribution in [2.24, 2.45) is 0 Å². The summed E-state index contributed by atoms with van der Waals surface area (Å²) in [7, 11) is 0. The Bertz CT molecular complexity index is 33.2. The van der Waals surface area contributed by atoms with Crippen LogP contribution in [0.25, 0.3) is 0 Å². The first-order chi connectivity index (χ1) is 2.91. The van der Waals surface area contributed by atoms with Crippen molar-refractivity contribution in [3.8, 4) is 0 Å². The van der Waals surface area contributed by atoms with E-state index in [4.69, 9.17) is 1.37 Å². The normalized spacial score (nSPS) is 12.6. The van der Waals surface area contributed by atoms with E-state index in [0.717, 1.165) is 6.42 Å². The summed E-state index contributed by atoms with van der Waals surface area (Å²) >= 11 is 0. The highest BCUT2D eigenvalue weighted by atomic mass is 13.6. The summed E-state index contributed by atoms with van der Waals surface area (Å²) in [4.78, 5) is 0. The predicted molar refractivity (Wildman–Crippen MR) is 25.1 cm³/mol. The fraction of sp³-hybridized carbons (Fsp3) is 0.600. The van der Waals surface area contributed by atoms with Crippen molar-refractivity contribution >= 4 is 0 Å². The highest BCUT2D eigenvalue weighted by Gasteiger charge is 1.52. The third-order valence-corrected chi connectivity index (χ3v) is 0.402. The van der Waals surface area contributed by atoms with Crippen molar-refractivity contribution in [2.45, 2.75) is 20.2 Å². The van der Waals surface area contributed by atoms with Crippen LogP contribution in [0, 0.1) is 0 Å². The van der Waals surface area contributed by atoms with Crippen LogP contribution < -0.4 is 0 Å².